The van der Waals surface area contributed by atoms with Gasteiger partial charge in [-0.25, -0.2) is 4.98 Å². The Hall–Kier alpha value is -1.69. The Labute approximate surface area is 112 Å². The fraction of sp³-hybridized carbons (Fsp3) is 0.417. The number of pyridine rings is 1. The van der Waals surface area contributed by atoms with E-state index in [1.807, 2.05) is 17.0 Å². The third-order valence-electron chi connectivity index (χ3n) is 2.44. The van der Waals surface area contributed by atoms with E-state index >= 15 is 0 Å². The Bertz CT molecular complexity index is 436. The number of hydrogen-bond acceptors (Lipinski definition) is 4. The SMILES string of the molecule is CCCCN(CC(N)=O)c1cccc(C(N)=S)n1. The number of carbonyl (C=O) groups excluding carboxylic acids is 1. The van der Waals surface area contributed by atoms with Gasteiger partial charge in [0.25, 0.3) is 0 Å². The van der Waals surface area contributed by atoms with Crippen LogP contribution in [0.1, 0.15) is 25.5 Å². The molecule has 18 heavy (non-hydrogen) atoms. The molecule has 1 aromatic rings. The van der Waals surface area contributed by atoms with E-state index in [4.69, 9.17) is 23.7 Å². The third kappa shape index (κ3) is 4.29. The lowest BCUT2D eigenvalue weighted by molar-refractivity contribution is -0.116. The van der Waals surface area contributed by atoms with Gasteiger partial charge in [0.15, 0.2) is 0 Å². The zero-order valence-corrected chi connectivity index (χ0v) is 11.2. The molecule has 0 aliphatic carbocycles. The van der Waals surface area contributed by atoms with Crippen molar-refractivity contribution in [2.75, 3.05) is 18.0 Å². The summed E-state index contributed by atoms with van der Waals surface area (Å²) in [7, 11) is 0. The molecule has 1 aromatic heterocycles. The molecule has 0 atom stereocenters. The number of nitrogens with two attached hydrogens (primary N) is 2. The molecule has 0 fully saturated rings. The van der Waals surface area contributed by atoms with E-state index in [0.717, 1.165) is 19.4 Å². The second-order valence-electron chi connectivity index (χ2n) is 3.99. The molecule has 0 unspecified atom stereocenters. The highest BCUT2D eigenvalue weighted by Crippen LogP contribution is 2.12. The van der Waals surface area contributed by atoms with Gasteiger partial charge in [-0.05, 0) is 18.6 Å². The van der Waals surface area contributed by atoms with Crippen molar-refractivity contribution in [3.05, 3.63) is 23.9 Å². The molecule has 0 radical (unpaired) electrons. The van der Waals surface area contributed by atoms with Crippen molar-refractivity contribution in [3.8, 4) is 0 Å². The minimum atomic E-state index is -0.381. The molecule has 0 aromatic carbocycles. The zero-order chi connectivity index (χ0) is 13.5. The Morgan fingerprint density at radius 1 is 1.44 bits per heavy atom. The van der Waals surface area contributed by atoms with Gasteiger partial charge in [-0.1, -0.05) is 31.6 Å². The first-order valence-electron chi connectivity index (χ1n) is 5.84. The Kier molecular flexibility index (Phi) is 5.51. The minimum absolute atomic E-state index is 0.147. The van der Waals surface area contributed by atoms with Crippen molar-refractivity contribution in [1.82, 2.24) is 4.98 Å². The Balaban J connectivity index is 2.92. The number of carbonyl (C=O) groups is 1. The number of aromatic nitrogens is 1. The number of primary amides is 1. The van der Waals surface area contributed by atoms with Crippen molar-refractivity contribution >= 4 is 28.9 Å². The van der Waals surface area contributed by atoms with E-state index in [1.54, 1.807) is 6.07 Å². The molecule has 0 bridgehead atoms. The molecular formula is C12H18N4OS. The predicted molar refractivity (Wildman–Crippen MR) is 76.4 cm³/mol. The average molecular weight is 266 g/mol. The average Bonchev–Trinajstić information content (AvgIpc) is 2.34. The first-order valence-corrected chi connectivity index (χ1v) is 6.25. The number of amides is 1. The van der Waals surface area contributed by atoms with Gasteiger partial charge in [-0.15, -0.1) is 0 Å². The molecular weight excluding hydrogens is 248 g/mol. The van der Waals surface area contributed by atoms with Gasteiger partial charge in [-0.2, -0.15) is 0 Å². The molecule has 6 heteroatoms. The highest BCUT2D eigenvalue weighted by atomic mass is 32.1. The van der Waals surface area contributed by atoms with Gasteiger partial charge in [0.1, 0.15) is 10.8 Å². The number of rotatable bonds is 7. The summed E-state index contributed by atoms with van der Waals surface area (Å²) >= 11 is 4.89. The van der Waals surface area contributed by atoms with E-state index in [-0.39, 0.29) is 17.4 Å². The quantitative estimate of drug-likeness (QED) is 0.713. The van der Waals surface area contributed by atoms with Crippen LogP contribution in [0, 0.1) is 0 Å². The second kappa shape index (κ2) is 6.90. The maximum Gasteiger partial charge on any atom is 0.236 e. The normalized spacial score (nSPS) is 10.1. The van der Waals surface area contributed by atoms with Crippen LogP contribution in [0.2, 0.25) is 0 Å². The molecule has 0 saturated carbocycles. The van der Waals surface area contributed by atoms with E-state index < -0.39 is 0 Å². The molecule has 1 heterocycles. The van der Waals surface area contributed by atoms with Gasteiger partial charge < -0.3 is 16.4 Å². The fourth-order valence-electron chi connectivity index (χ4n) is 1.55. The molecule has 1 amide bonds. The van der Waals surface area contributed by atoms with Crippen molar-refractivity contribution in [3.63, 3.8) is 0 Å². The second-order valence-corrected chi connectivity index (χ2v) is 4.43. The molecule has 0 aliphatic rings. The van der Waals surface area contributed by atoms with Crippen molar-refractivity contribution in [1.29, 1.82) is 0 Å². The Morgan fingerprint density at radius 3 is 2.72 bits per heavy atom. The molecule has 0 aliphatic heterocycles. The first-order chi connectivity index (χ1) is 8.54. The van der Waals surface area contributed by atoms with Gasteiger partial charge in [-0.3, -0.25) is 4.79 Å². The van der Waals surface area contributed by atoms with E-state index in [9.17, 15) is 4.79 Å². The third-order valence-corrected chi connectivity index (χ3v) is 2.65. The largest absolute Gasteiger partial charge is 0.388 e. The minimum Gasteiger partial charge on any atom is -0.388 e. The maximum absolute atomic E-state index is 11.1. The van der Waals surface area contributed by atoms with Crippen LogP contribution >= 0.6 is 12.2 Å². The van der Waals surface area contributed by atoms with Crippen LogP contribution in [0.3, 0.4) is 0 Å². The summed E-state index contributed by atoms with van der Waals surface area (Å²) in [5.74, 6) is 0.293. The van der Waals surface area contributed by atoms with Crippen LogP contribution in [-0.2, 0) is 4.79 Å². The van der Waals surface area contributed by atoms with E-state index in [2.05, 4.69) is 11.9 Å². The van der Waals surface area contributed by atoms with Crippen molar-refractivity contribution in [2.24, 2.45) is 11.5 Å². The van der Waals surface area contributed by atoms with Crippen molar-refractivity contribution < 1.29 is 4.79 Å². The first kappa shape index (κ1) is 14.4. The van der Waals surface area contributed by atoms with E-state index in [1.165, 1.54) is 0 Å². The van der Waals surface area contributed by atoms with Crippen LogP contribution in [0.15, 0.2) is 18.2 Å². The summed E-state index contributed by atoms with van der Waals surface area (Å²) in [5, 5.41) is 0. The molecule has 98 valence electrons. The van der Waals surface area contributed by atoms with E-state index in [0.29, 0.717) is 11.5 Å². The van der Waals surface area contributed by atoms with Crippen LogP contribution in [0.25, 0.3) is 0 Å². The standard InChI is InChI=1S/C12H18N4OS/c1-2-3-7-16(8-10(13)17)11-6-4-5-9(15-11)12(14)18/h4-6H,2-3,7-8H2,1H3,(H2,13,17)(H2,14,18). The summed E-state index contributed by atoms with van der Waals surface area (Å²) in [6, 6.07) is 5.38. The number of anilines is 1. The predicted octanol–water partition coefficient (Wildman–Crippen LogP) is 0.808. The van der Waals surface area contributed by atoms with Gasteiger partial charge in [0.2, 0.25) is 5.91 Å². The lowest BCUT2D eigenvalue weighted by atomic mass is 10.3. The lowest BCUT2D eigenvalue weighted by Crippen LogP contribution is -2.35. The molecule has 0 saturated heterocycles. The Morgan fingerprint density at radius 2 is 2.17 bits per heavy atom. The van der Waals surface area contributed by atoms with Gasteiger partial charge in [0, 0.05) is 6.54 Å². The topological polar surface area (TPSA) is 85.2 Å². The summed E-state index contributed by atoms with van der Waals surface area (Å²) in [4.78, 5) is 17.5. The summed E-state index contributed by atoms with van der Waals surface area (Å²) < 4.78 is 0. The zero-order valence-electron chi connectivity index (χ0n) is 10.4. The summed E-state index contributed by atoms with van der Waals surface area (Å²) in [6.45, 7) is 2.96. The van der Waals surface area contributed by atoms with Crippen molar-refractivity contribution in [2.45, 2.75) is 19.8 Å². The highest BCUT2D eigenvalue weighted by molar-refractivity contribution is 7.80. The number of thiocarbonyl (C=S) groups is 1. The smallest absolute Gasteiger partial charge is 0.236 e. The number of hydrogen-bond donors (Lipinski definition) is 2. The fourth-order valence-corrected chi connectivity index (χ4v) is 1.66. The number of nitrogens with zero attached hydrogens (tertiary/aromatic N) is 2. The molecule has 0 spiro atoms. The molecule has 1 rings (SSSR count). The molecule has 5 nitrogen and oxygen atoms in total. The maximum atomic E-state index is 11.1. The summed E-state index contributed by atoms with van der Waals surface area (Å²) in [6.07, 6.45) is 2.00. The lowest BCUT2D eigenvalue weighted by Gasteiger charge is -2.22. The monoisotopic (exact) mass is 266 g/mol. The van der Waals surface area contributed by atoms with Gasteiger partial charge in [0.05, 0.1) is 12.2 Å². The molecule has 4 N–H and O–H groups in total. The highest BCUT2D eigenvalue weighted by Gasteiger charge is 2.11. The van der Waals surface area contributed by atoms with Crippen LogP contribution in [-0.4, -0.2) is 29.0 Å². The van der Waals surface area contributed by atoms with Crippen LogP contribution < -0.4 is 16.4 Å². The van der Waals surface area contributed by atoms with Crippen LogP contribution in [0.4, 0.5) is 5.82 Å². The van der Waals surface area contributed by atoms with Gasteiger partial charge >= 0.3 is 0 Å². The summed E-state index contributed by atoms with van der Waals surface area (Å²) in [5.41, 5.74) is 11.3. The van der Waals surface area contributed by atoms with Crippen LogP contribution in [0.5, 0.6) is 0 Å². The number of unbranched alkanes of at least 4 members (excludes halogenated alkanes) is 1.